The third-order valence-electron chi connectivity index (χ3n) is 5.71. The predicted octanol–water partition coefficient (Wildman–Crippen LogP) is 2.69. The molecule has 1 aliphatic carbocycles. The summed E-state index contributed by atoms with van der Waals surface area (Å²) in [6.07, 6.45) is 8.58. The van der Waals surface area contributed by atoms with Crippen LogP contribution >= 0.6 is 0 Å². The summed E-state index contributed by atoms with van der Waals surface area (Å²) < 4.78 is 0. The van der Waals surface area contributed by atoms with Crippen LogP contribution in [-0.4, -0.2) is 52.9 Å². The van der Waals surface area contributed by atoms with E-state index in [0.29, 0.717) is 6.04 Å². The Morgan fingerprint density at radius 3 is 2.54 bits per heavy atom. The second-order valence-electron chi connectivity index (χ2n) is 7.01. The Morgan fingerprint density at radius 1 is 1.21 bits per heavy atom. The Morgan fingerprint density at radius 2 is 1.92 bits per heavy atom. The van der Waals surface area contributed by atoms with Gasteiger partial charge in [-0.1, -0.05) is 0 Å². The topological polar surface area (TPSA) is 40.8 Å². The Bertz CT molecular complexity index is 602. The third-order valence-corrected chi connectivity index (χ3v) is 5.71. The van der Waals surface area contributed by atoms with E-state index in [9.17, 15) is 4.79 Å². The number of pyridine rings is 1. The van der Waals surface area contributed by atoms with E-state index < -0.39 is 0 Å². The summed E-state index contributed by atoms with van der Waals surface area (Å²) in [5.41, 5.74) is 0.751. The summed E-state index contributed by atoms with van der Waals surface area (Å²) in [6, 6.07) is 4.54. The molecule has 1 amide bonds. The molecule has 1 aliphatic heterocycles. The highest BCUT2D eigenvalue weighted by Gasteiger charge is 2.44. The van der Waals surface area contributed by atoms with Crippen molar-refractivity contribution in [3.05, 3.63) is 41.5 Å². The summed E-state index contributed by atoms with van der Waals surface area (Å²) in [5.74, 6) is 0.185. The number of amides is 1. The predicted molar refractivity (Wildman–Crippen MR) is 93.2 cm³/mol. The van der Waals surface area contributed by atoms with E-state index in [1.165, 1.54) is 0 Å². The molecule has 0 N–H and O–H groups in total. The van der Waals surface area contributed by atoms with E-state index in [0.717, 1.165) is 63.8 Å². The maximum Gasteiger partial charge on any atom is 0.257 e. The highest BCUT2D eigenvalue weighted by Crippen LogP contribution is 2.42. The molecule has 5 nitrogen and oxygen atoms in total. The molecule has 0 unspecified atom stereocenters. The van der Waals surface area contributed by atoms with Gasteiger partial charge in [0.05, 0.1) is 0 Å². The molecular formula is C19H26N4O. The summed E-state index contributed by atoms with van der Waals surface area (Å²) in [5, 5.41) is 0. The fraction of sp³-hybridized carbons (Fsp3) is 0.632. The van der Waals surface area contributed by atoms with Gasteiger partial charge < -0.3 is 9.74 Å². The number of nitrogens with zero attached hydrogens (tertiary/aromatic N) is 4. The van der Waals surface area contributed by atoms with Gasteiger partial charge in [-0.2, -0.15) is 0 Å². The molecule has 1 saturated carbocycles. The maximum absolute atomic E-state index is 11.6. The lowest BCUT2D eigenvalue weighted by Gasteiger charge is -2.37. The number of carbonyl (C=O) groups is 1. The number of carbonyl (C=O) groups excluding carboxylic acids is 1. The fourth-order valence-electron chi connectivity index (χ4n) is 4.19. The van der Waals surface area contributed by atoms with Crippen molar-refractivity contribution < 1.29 is 4.79 Å². The van der Waals surface area contributed by atoms with Crippen molar-refractivity contribution >= 4 is 5.91 Å². The highest BCUT2D eigenvalue weighted by atomic mass is 16.2. The van der Waals surface area contributed by atoms with E-state index in [4.69, 9.17) is 6.57 Å². The molecule has 1 saturated heterocycles. The molecule has 3 rings (SSSR count). The van der Waals surface area contributed by atoms with Crippen molar-refractivity contribution in [3.8, 4) is 0 Å². The van der Waals surface area contributed by atoms with Gasteiger partial charge in [-0.25, -0.2) is 6.57 Å². The van der Waals surface area contributed by atoms with E-state index in [1.807, 2.05) is 17.0 Å². The SMILES string of the molecule is [C-]#[N+]C1(c2ccncc2)CCC(N2CCCN(C(C)=O)CC2)CC1. The van der Waals surface area contributed by atoms with Crippen LogP contribution < -0.4 is 0 Å². The average Bonchev–Trinajstić information content (AvgIpc) is 2.89. The maximum atomic E-state index is 11.6. The smallest absolute Gasteiger partial charge is 0.257 e. The molecule has 0 atom stereocenters. The number of hydrogen-bond donors (Lipinski definition) is 0. The minimum atomic E-state index is -0.364. The molecule has 0 radical (unpaired) electrons. The average molecular weight is 326 g/mol. The molecule has 1 aromatic rings. The van der Waals surface area contributed by atoms with E-state index in [-0.39, 0.29) is 11.4 Å². The second kappa shape index (κ2) is 7.31. The Balaban J connectivity index is 1.62. The lowest BCUT2D eigenvalue weighted by molar-refractivity contribution is -0.128. The minimum absolute atomic E-state index is 0.185. The van der Waals surface area contributed by atoms with Crippen molar-refractivity contribution in [3.63, 3.8) is 0 Å². The van der Waals surface area contributed by atoms with Gasteiger partial charge in [-0.05, 0) is 31.4 Å². The molecule has 0 aromatic carbocycles. The van der Waals surface area contributed by atoms with Crippen molar-refractivity contribution in [2.75, 3.05) is 26.2 Å². The Hall–Kier alpha value is -1.93. The van der Waals surface area contributed by atoms with Gasteiger partial charge >= 0.3 is 0 Å². The largest absolute Gasteiger partial charge is 0.342 e. The highest BCUT2D eigenvalue weighted by molar-refractivity contribution is 5.73. The van der Waals surface area contributed by atoms with Gasteiger partial charge in [0.2, 0.25) is 5.91 Å². The van der Waals surface area contributed by atoms with Gasteiger partial charge in [-0.3, -0.25) is 14.7 Å². The van der Waals surface area contributed by atoms with Gasteiger partial charge in [0, 0.05) is 69.9 Å². The van der Waals surface area contributed by atoms with Crippen LogP contribution in [0.1, 0.15) is 44.6 Å². The van der Waals surface area contributed by atoms with Crippen molar-refractivity contribution in [2.24, 2.45) is 0 Å². The van der Waals surface area contributed by atoms with Gasteiger partial charge in [0.1, 0.15) is 0 Å². The van der Waals surface area contributed by atoms with Crippen LogP contribution in [0.25, 0.3) is 4.85 Å². The molecule has 1 aromatic heterocycles. The molecule has 2 aliphatic rings. The van der Waals surface area contributed by atoms with E-state index in [2.05, 4.69) is 14.7 Å². The van der Waals surface area contributed by atoms with Crippen molar-refractivity contribution in [1.29, 1.82) is 0 Å². The first-order valence-electron chi connectivity index (χ1n) is 8.93. The Labute approximate surface area is 144 Å². The first-order chi connectivity index (χ1) is 11.6. The Kier molecular flexibility index (Phi) is 5.15. The second-order valence-corrected chi connectivity index (χ2v) is 7.01. The fourth-order valence-corrected chi connectivity index (χ4v) is 4.19. The minimum Gasteiger partial charge on any atom is -0.342 e. The van der Waals surface area contributed by atoms with Crippen LogP contribution in [0, 0.1) is 6.57 Å². The third kappa shape index (κ3) is 3.44. The molecule has 24 heavy (non-hydrogen) atoms. The number of rotatable bonds is 2. The zero-order chi connectivity index (χ0) is 17.0. The molecular weight excluding hydrogens is 300 g/mol. The van der Waals surface area contributed by atoms with E-state index in [1.54, 1.807) is 19.3 Å². The van der Waals surface area contributed by atoms with Crippen molar-refractivity contribution in [1.82, 2.24) is 14.8 Å². The number of aromatic nitrogens is 1. The first kappa shape index (κ1) is 16.9. The summed E-state index contributed by atoms with van der Waals surface area (Å²) in [4.78, 5) is 24.2. The van der Waals surface area contributed by atoms with Crippen LogP contribution in [0.3, 0.4) is 0 Å². The van der Waals surface area contributed by atoms with Crippen LogP contribution in [0.2, 0.25) is 0 Å². The van der Waals surface area contributed by atoms with Crippen LogP contribution in [0.4, 0.5) is 0 Å². The van der Waals surface area contributed by atoms with Gasteiger partial charge in [0.25, 0.3) is 5.54 Å². The van der Waals surface area contributed by atoms with E-state index >= 15 is 0 Å². The quantitative estimate of drug-likeness (QED) is 0.785. The monoisotopic (exact) mass is 326 g/mol. The van der Waals surface area contributed by atoms with Gasteiger partial charge in [-0.15, -0.1) is 0 Å². The lowest BCUT2D eigenvalue weighted by Crippen LogP contribution is -2.43. The molecule has 0 spiro atoms. The molecule has 5 heteroatoms. The standard InChI is InChI=1S/C19H26N4O/c1-16(24)22-12-3-13-23(15-14-22)18-4-8-19(20-2,9-5-18)17-6-10-21-11-7-17/h6-7,10-11,18H,3-5,8-9,12-15H2,1H3. The first-order valence-corrected chi connectivity index (χ1v) is 8.93. The summed E-state index contributed by atoms with van der Waals surface area (Å²) in [7, 11) is 0. The number of hydrogen-bond acceptors (Lipinski definition) is 3. The molecule has 0 bridgehead atoms. The van der Waals surface area contributed by atoms with Gasteiger partial charge in [0.15, 0.2) is 0 Å². The zero-order valence-corrected chi connectivity index (χ0v) is 14.4. The summed E-state index contributed by atoms with van der Waals surface area (Å²) >= 11 is 0. The summed E-state index contributed by atoms with van der Waals surface area (Å²) in [6.45, 7) is 13.2. The molecule has 128 valence electrons. The molecule has 2 fully saturated rings. The van der Waals surface area contributed by atoms with Crippen LogP contribution in [0.5, 0.6) is 0 Å². The van der Waals surface area contributed by atoms with Crippen molar-refractivity contribution in [2.45, 2.75) is 50.6 Å². The lowest BCUT2D eigenvalue weighted by atomic mass is 9.75. The van der Waals surface area contributed by atoms with Crippen LogP contribution in [-0.2, 0) is 10.3 Å². The molecule has 2 heterocycles. The van der Waals surface area contributed by atoms with Crippen LogP contribution in [0.15, 0.2) is 24.5 Å². The zero-order valence-electron chi connectivity index (χ0n) is 14.4. The normalized spacial score (nSPS) is 28.8.